The Morgan fingerprint density at radius 3 is 2.93 bits per heavy atom. The normalized spacial score (nSPS) is 21.3. The highest BCUT2D eigenvalue weighted by molar-refractivity contribution is 5.37. The average Bonchev–Trinajstić information content (AvgIpc) is 2.30. The molecule has 82 valence electrons. The van der Waals surface area contributed by atoms with E-state index in [4.69, 9.17) is 4.74 Å². The molecule has 0 aromatic heterocycles. The molecule has 1 aliphatic rings. The van der Waals surface area contributed by atoms with Gasteiger partial charge in [0.2, 0.25) is 0 Å². The molecule has 0 saturated carbocycles. The van der Waals surface area contributed by atoms with E-state index in [0.717, 1.165) is 30.9 Å². The molecule has 0 spiro atoms. The number of nitrogens with one attached hydrogen (secondary N) is 2. The molecule has 2 N–H and O–H groups in total. The van der Waals surface area contributed by atoms with Crippen LogP contribution in [0.4, 0.5) is 4.39 Å². The molecule has 2 rings (SSSR count). The van der Waals surface area contributed by atoms with Crippen LogP contribution in [0.15, 0.2) is 18.2 Å². The van der Waals surface area contributed by atoms with Crippen molar-refractivity contribution in [3.63, 3.8) is 0 Å². The lowest BCUT2D eigenvalue weighted by Crippen LogP contribution is -2.42. The Bertz CT molecular complexity index is 337. The van der Waals surface area contributed by atoms with Crippen LogP contribution < -0.4 is 15.4 Å². The molecule has 0 bridgehead atoms. The number of methoxy groups -OCH3 is 1. The Kier molecular flexibility index (Phi) is 3.18. The molecule has 0 aliphatic carbocycles. The zero-order valence-electron chi connectivity index (χ0n) is 8.72. The van der Waals surface area contributed by atoms with E-state index in [1.54, 1.807) is 13.2 Å². The highest BCUT2D eigenvalue weighted by Crippen LogP contribution is 2.26. The molecule has 1 saturated heterocycles. The number of rotatable bonds is 2. The quantitative estimate of drug-likeness (QED) is 0.766. The van der Waals surface area contributed by atoms with Gasteiger partial charge in [0.15, 0.2) is 0 Å². The summed E-state index contributed by atoms with van der Waals surface area (Å²) in [6.45, 7) is 2.65. The second-order valence-electron chi connectivity index (χ2n) is 3.60. The van der Waals surface area contributed by atoms with Crippen LogP contribution in [0, 0.1) is 5.82 Å². The Hall–Kier alpha value is -1.13. The molecule has 4 heteroatoms. The van der Waals surface area contributed by atoms with E-state index in [9.17, 15) is 4.39 Å². The standard InChI is InChI=1S/C11H15FN2O/c1-15-11-3-2-8(12)6-9(11)10-7-13-4-5-14-10/h2-3,6,10,13-14H,4-5,7H2,1H3/t10-/m1/s1. The molecular weight excluding hydrogens is 195 g/mol. The summed E-state index contributed by atoms with van der Waals surface area (Å²) < 4.78 is 18.4. The summed E-state index contributed by atoms with van der Waals surface area (Å²) in [5.41, 5.74) is 0.879. The van der Waals surface area contributed by atoms with Crippen LogP contribution in [0.25, 0.3) is 0 Å². The molecule has 3 nitrogen and oxygen atoms in total. The van der Waals surface area contributed by atoms with Crippen molar-refractivity contribution in [3.8, 4) is 5.75 Å². The van der Waals surface area contributed by atoms with E-state index < -0.39 is 0 Å². The third-order valence-corrected chi connectivity index (χ3v) is 2.61. The van der Waals surface area contributed by atoms with Crippen LogP contribution in [-0.2, 0) is 0 Å². The van der Waals surface area contributed by atoms with Crippen LogP contribution in [0.5, 0.6) is 5.75 Å². The maximum Gasteiger partial charge on any atom is 0.123 e. The number of ether oxygens (including phenoxy) is 1. The van der Waals surface area contributed by atoms with Gasteiger partial charge in [0, 0.05) is 31.2 Å². The van der Waals surface area contributed by atoms with Crippen LogP contribution in [-0.4, -0.2) is 26.7 Å². The molecule has 0 radical (unpaired) electrons. The van der Waals surface area contributed by atoms with Crippen molar-refractivity contribution in [1.29, 1.82) is 0 Å². The molecule has 1 atom stereocenters. The monoisotopic (exact) mass is 210 g/mol. The number of hydrogen-bond acceptors (Lipinski definition) is 3. The first-order valence-electron chi connectivity index (χ1n) is 5.09. The lowest BCUT2D eigenvalue weighted by molar-refractivity contribution is 0.380. The second kappa shape index (κ2) is 4.59. The van der Waals surface area contributed by atoms with Gasteiger partial charge in [-0.25, -0.2) is 4.39 Å². The van der Waals surface area contributed by atoms with Crippen LogP contribution in [0.1, 0.15) is 11.6 Å². The number of halogens is 1. The molecule has 1 aromatic carbocycles. The highest BCUT2D eigenvalue weighted by Gasteiger charge is 2.18. The second-order valence-corrected chi connectivity index (χ2v) is 3.60. The van der Waals surface area contributed by atoms with Gasteiger partial charge in [-0.1, -0.05) is 0 Å². The summed E-state index contributed by atoms with van der Waals surface area (Å²) in [6.07, 6.45) is 0. The highest BCUT2D eigenvalue weighted by atomic mass is 19.1. The summed E-state index contributed by atoms with van der Waals surface area (Å²) in [6, 6.07) is 4.74. The van der Waals surface area contributed by atoms with Gasteiger partial charge in [0.05, 0.1) is 7.11 Å². The summed E-state index contributed by atoms with van der Waals surface area (Å²) in [7, 11) is 1.60. The Balaban J connectivity index is 2.27. The van der Waals surface area contributed by atoms with Gasteiger partial charge in [-0.2, -0.15) is 0 Å². The molecule has 15 heavy (non-hydrogen) atoms. The topological polar surface area (TPSA) is 33.3 Å². The van der Waals surface area contributed by atoms with Crippen LogP contribution >= 0.6 is 0 Å². The van der Waals surface area contributed by atoms with E-state index in [1.165, 1.54) is 12.1 Å². The SMILES string of the molecule is COc1ccc(F)cc1[C@H]1CNCCN1. The fourth-order valence-electron chi connectivity index (χ4n) is 1.85. The predicted molar refractivity (Wildman–Crippen MR) is 56.6 cm³/mol. The van der Waals surface area contributed by atoms with Gasteiger partial charge in [-0.3, -0.25) is 0 Å². The lowest BCUT2D eigenvalue weighted by atomic mass is 10.0. The fourth-order valence-corrected chi connectivity index (χ4v) is 1.85. The fraction of sp³-hybridized carbons (Fsp3) is 0.455. The van der Waals surface area contributed by atoms with Crippen LogP contribution in [0.3, 0.4) is 0 Å². The summed E-state index contributed by atoms with van der Waals surface area (Å²) in [5, 5.41) is 6.59. The smallest absolute Gasteiger partial charge is 0.123 e. The zero-order chi connectivity index (χ0) is 10.7. The summed E-state index contributed by atoms with van der Waals surface area (Å²) in [5.74, 6) is 0.510. The first kappa shape index (κ1) is 10.4. The van der Waals surface area contributed by atoms with Gasteiger partial charge in [0.1, 0.15) is 11.6 Å². The van der Waals surface area contributed by atoms with Crippen molar-refractivity contribution in [2.24, 2.45) is 0 Å². The predicted octanol–water partition coefficient (Wildman–Crippen LogP) is 1.07. The Labute approximate surface area is 88.6 Å². The summed E-state index contributed by atoms with van der Waals surface area (Å²) in [4.78, 5) is 0. The van der Waals surface area contributed by atoms with E-state index in [-0.39, 0.29) is 11.9 Å². The maximum atomic E-state index is 13.1. The van der Waals surface area contributed by atoms with Crippen molar-refractivity contribution in [1.82, 2.24) is 10.6 Å². The van der Waals surface area contributed by atoms with Gasteiger partial charge in [0.25, 0.3) is 0 Å². The Morgan fingerprint density at radius 2 is 2.27 bits per heavy atom. The van der Waals surface area contributed by atoms with Gasteiger partial charge in [-0.05, 0) is 18.2 Å². The third-order valence-electron chi connectivity index (χ3n) is 2.61. The minimum atomic E-state index is -0.224. The molecule has 1 heterocycles. The van der Waals surface area contributed by atoms with Crippen molar-refractivity contribution in [3.05, 3.63) is 29.6 Å². The van der Waals surface area contributed by atoms with Crippen LogP contribution in [0.2, 0.25) is 0 Å². The first-order valence-corrected chi connectivity index (χ1v) is 5.09. The largest absolute Gasteiger partial charge is 0.496 e. The number of piperazine rings is 1. The van der Waals surface area contributed by atoms with E-state index in [1.807, 2.05) is 0 Å². The molecule has 1 aliphatic heterocycles. The van der Waals surface area contributed by atoms with E-state index >= 15 is 0 Å². The van der Waals surface area contributed by atoms with Gasteiger partial charge < -0.3 is 15.4 Å². The first-order chi connectivity index (χ1) is 7.31. The zero-order valence-corrected chi connectivity index (χ0v) is 8.72. The molecule has 1 fully saturated rings. The lowest BCUT2D eigenvalue weighted by Gasteiger charge is -2.26. The number of benzene rings is 1. The van der Waals surface area contributed by atoms with E-state index in [0.29, 0.717) is 0 Å². The molecule has 1 aromatic rings. The van der Waals surface area contributed by atoms with Gasteiger partial charge in [-0.15, -0.1) is 0 Å². The molecular formula is C11H15FN2O. The van der Waals surface area contributed by atoms with Crippen molar-refractivity contribution in [2.75, 3.05) is 26.7 Å². The van der Waals surface area contributed by atoms with E-state index in [2.05, 4.69) is 10.6 Å². The Morgan fingerprint density at radius 1 is 1.40 bits per heavy atom. The van der Waals surface area contributed by atoms with Crippen molar-refractivity contribution < 1.29 is 9.13 Å². The minimum Gasteiger partial charge on any atom is -0.496 e. The maximum absolute atomic E-state index is 13.1. The van der Waals surface area contributed by atoms with Crippen molar-refractivity contribution >= 4 is 0 Å². The summed E-state index contributed by atoms with van der Waals surface area (Å²) >= 11 is 0. The van der Waals surface area contributed by atoms with Crippen molar-refractivity contribution in [2.45, 2.75) is 6.04 Å². The van der Waals surface area contributed by atoms with Gasteiger partial charge >= 0.3 is 0 Å². The average molecular weight is 210 g/mol. The number of hydrogen-bond donors (Lipinski definition) is 2. The molecule has 0 unspecified atom stereocenters. The third kappa shape index (κ3) is 2.27. The minimum absolute atomic E-state index is 0.129. The molecule has 0 amide bonds.